The molecule has 1 heterocycles. The second-order valence-corrected chi connectivity index (χ2v) is 5.51. The molecule has 0 spiro atoms. The largest absolute Gasteiger partial charge is 0.328 e. The molecule has 0 saturated carbocycles. The fraction of sp³-hybridized carbons (Fsp3) is 0.462. The molecule has 0 fully saturated rings. The predicted octanol–water partition coefficient (Wildman–Crippen LogP) is 4.27. The number of alkyl halides is 1. The maximum Gasteiger partial charge on any atom is 0.144 e. The number of nitrogens with zero attached hydrogens (tertiary/aromatic N) is 2. The van der Waals surface area contributed by atoms with Gasteiger partial charge in [0.25, 0.3) is 0 Å². The van der Waals surface area contributed by atoms with E-state index in [0.29, 0.717) is 23.7 Å². The van der Waals surface area contributed by atoms with Crippen molar-refractivity contribution in [1.29, 1.82) is 0 Å². The van der Waals surface area contributed by atoms with Crippen LogP contribution in [0.2, 0.25) is 5.02 Å². The van der Waals surface area contributed by atoms with E-state index in [1.165, 1.54) is 6.07 Å². The number of hydrogen-bond donors (Lipinski definition) is 0. The van der Waals surface area contributed by atoms with Gasteiger partial charge < -0.3 is 4.57 Å². The highest BCUT2D eigenvalue weighted by molar-refractivity contribution is 6.31. The Labute approximate surface area is 116 Å². The van der Waals surface area contributed by atoms with E-state index in [2.05, 4.69) is 23.4 Å². The van der Waals surface area contributed by atoms with E-state index >= 15 is 0 Å². The Morgan fingerprint density at radius 1 is 1.39 bits per heavy atom. The van der Waals surface area contributed by atoms with Crippen LogP contribution in [0.15, 0.2) is 12.1 Å². The van der Waals surface area contributed by atoms with E-state index in [-0.39, 0.29) is 5.02 Å². The summed E-state index contributed by atoms with van der Waals surface area (Å²) in [7, 11) is 0. The zero-order chi connectivity index (χ0) is 13.3. The van der Waals surface area contributed by atoms with Crippen molar-refractivity contribution in [2.45, 2.75) is 26.8 Å². The summed E-state index contributed by atoms with van der Waals surface area (Å²) in [6, 6.07) is 3.02. The molecule has 0 atom stereocenters. The minimum absolute atomic E-state index is 0.129. The number of aryl methyl sites for hydroxylation is 1. The molecule has 1 aromatic heterocycles. The Kier molecular flexibility index (Phi) is 4.13. The Morgan fingerprint density at radius 3 is 2.72 bits per heavy atom. The molecule has 0 unspecified atom stereocenters. The fourth-order valence-corrected chi connectivity index (χ4v) is 2.34. The third-order valence-corrected chi connectivity index (χ3v) is 3.21. The predicted molar refractivity (Wildman–Crippen MR) is 74.0 cm³/mol. The molecule has 0 amide bonds. The van der Waals surface area contributed by atoms with E-state index in [9.17, 15) is 4.39 Å². The number of fused-ring (bicyclic) bond motifs is 1. The number of aromatic nitrogens is 2. The molecule has 2 nitrogen and oxygen atoms in total. The molecule has 18 heavy (non-hydrogen) atoms. The summed E-state index contributed by atoms with van der Waals surface area (Å²) in [5, 5.41) is 0.129. The fourth-order valence-electron chi connectivity index (χ4n) is 2.01. The number of rotatable bonds is 4. The number of benzene rings is 1. The maximum atomic E-state index is 13.4. The van der Waals surface area contributed by atoms with Gasteiger partial charge in [0.1, 0.15) is 11.6 Å². The lowest BCUT2D eigenvalue weighted by Gasteiger charge is -2.11. The van der Waals surface area contributed by atoms with Crippen molar-refractivity contribution in [2.75, 3.05) is 5.88 Å². The van der Waals surface area contributed by atoms with Gasteiger partial charge in [-0.3, -0.25) is 0 Å². The summed E-state index contributed by atoms with van der Waals surface area (Å²) in [5.41, 5.74) is 1.51. The Morgan fingerprint density at radius 2 is 2.11 bits per heavy atom. The van der Waals surface area contributed by atoms with Crippen molar-refractivity contribution < 1.29 is 4.39 Å². The molecule has 2 aromatic rings. The monoisotopic (exact) mass is 288 g/mol. The lowest BCUT2D eigenvalue weighted by atomic mass is 10.2. The first-order valence-electron chi connectivity index (χ1n) is 5.93. The maximum absolute atomic E-state index is 13.4. The highest BCUT2D eigenvalue weighted by Crippen LogP contribution is 2.25. The van der Waals surface area contributed by atoms with E-state index in [1.807, 2.05) is 0 Å². The summed E-state index contributed by atoms with van der Waals surface area (Å²) in [4.78, 5) is 4.44. The van der Waals surface area contributed by atoms with Crippen LogP contribution >= 0.6 is 23.2 Å². The molecule has 2 rings (SSSR count). The quantitative estimate of drug-likeness (QED) is 0.769. The SMILES string of the molecule is CC(C)Cn1c(CCCl)nc2cc(F)c(Cl)cc21. The third kappa shape index (κ3) is 2.62. The molecule has 0 aliphatic heterocycles. The van der Waals surface area contributed by atoms with E-state index in [4.69, 9.17) is 23.2 Å². The highest BCUT2D eigenvalue weighted by Gasteiger charge is 2.14. The van der Waals surface area contributed by atoms with Crippen molar-refractivity contribution in [3.8, 4) is 0 Å². The van der Waals surface area contributed by atoms with Crippen LogP contribution in [-0.2, 0) is 13.0 Å². The molecule has 0 bridgehead atoms. The minimum atomic E-state index is -0.434. The van der Waals surface area contributed by atoms with E-state index in [0.717, 1.165) is 17.9 Å². The molecular weight excluding hydrogens is 274 g/mol. The number of hydrogen-bond acceptors (Lipinski definition) is 1. The lowest BCUT2D eigenvalue weighted by molar-refractivity contribution is 0.519. The average molecular weight is 289 g/mol. The van der Waals surface area contributed by atoms with Gasteiger partial charge in [-0.2, -0.15) is 0 Å². The first-order chi connectivity index (χ1) is 8.52. The van der Waals surface area contributed by atoms with Crippen LogP contribution in [0.1, 0.15) is 19.7 Å². The molecule has 0 radical (unpaired) electrons. The van der Waals surface area contributed by atoms with E-state index in [1.54, 1.807) is 6.07 Å². The van der Waals surface area contributed by atoms with Gasteiger partial charge in [-0.15, -0.1) is 11.6 Å². The summed E-state index contributed by atoms with van der Waals surface area (Å²) in [6.07, 6.45) is 0.669. The van der Waals surface area contributed by atoms with Crippen molar-refractivity contribution in [3.63, 3.8) is 0 Å². The zero-order valence-electron chi connectivity index (χ0n) is 10.4. The van der Waals surface area contributed by atoms with Crippen LogP contribution in [0.5, 0.6) is 0 Å². The standard InChI is InChI=1S/C13H15Cl2FN2/c1-8(2)7-18-12-5-9(15)10(16)6-11(12)17-13(18)3-4-14/h5-6,8H,3-4,7H2,1-2H3. The van der Waals surface area contributed by atoms with Gasteiger partial charge in [-0.05, 0) is 12.0 Å². The van der Waals surface area contributed by atoms with Gasteiger partial charge in [0.2, 0.25) is 0 Å². The van der Waals surface area contributed by atoms with Crippen molar-refractivity contribution in [3.05, 3.63) is 28.8 Å². The van der Waals surface area contributed by atoms with E-state index < -0.39 is 5.82 Å². The third-order valence-electron chi connectivity index (χ3n) is 2.74. The molecule has 5 heteroatoms. The molecule has 0 saturated heterocycles. The van der Waals surface area contributed by atoms with Gasteiger partial charge in [-0.25, -0.2) is 9.37 Å². The number of imidazole rings is 1. The van der Waals surface area contributed by atoms with Crippen LogP contribution in [0.4, 0.5) is 4.39 Å². The second kappa shape index (κ2) is 5.45. The van der Waals surface area contributed by atoms with Crippen molar-refractivity contribution in [1.82, 2.24) is 9.55 Å². The average Bonchev–Trinajstić information content (AvgIpc) is 2.58. The lowest BCUT2D eigenvalue weighted by Crippen LogP contribution is -2.09. The molecule has 1 aromatic carbocycles. The minimum Gasteiger partial charge on any atom is -0.328 e. The van der Waals surface area contributed by atoms with Crippen LogP contribution < -0.4 is 0 Å². The van der Waals surface area contributed by atoms with Crippen molar-refractivity contribution in [2.24, 2.45) is 5.92 Å². The van der Waals surface area contributed by atoms with Gasteiger partial charge in [0, 0.05) is 24.9 Å². The molecule has 0 aliphatic carbocycles. The van der Waals surface area contributed by atoms with Crippen LogP contribution in [0.3, 0.4) is 0 Å². The first-order valence-corrected chi connectivity index (χ1v) is 6.84. The van der Waals surface area contributed by atoms with Gasteiger partial charge >= 0.3 is 0 Å². The first kappa shape index (κ1) is 13.6. The highest BCUT2D eigenvalue weighted by atomic mass is 35.5. The Hall–Kier alpha value is -0.800. The van der Waals surface area contributed by atoms with Crippen LogP contribution in [0, 0.1) is 11.7 Å². The molecule has 0 aliphatic rings. The molecule has 98 valence electrons. The van der Waals surface area contributed by atoms with Gasteiger partial charge in [0.05, 0.1) is 16.1 Å². The van der Waals surface area contributed by atoms with Crippen LogP contribution in [0.25, 0.3) is 11.0 Å². The zero-order valence-corrected chi connectivity index (χ0v) is 11.9. The second-order valence-electron chi connectivity index (χ2n) is 4.73. The van der Waals surface area contributed by atoms with Gasteiger partial charge in [0.15, 0.2) is 0 Å². The molecule has 0 N–H and O–H groups in total. The summed E-state index contributed by atoms with van der Waals surface area (Å²) in [6.45, 7) is 5.08. The number of halogens is 3. The summed E-state index contributed by atoms with van der Waals surface area (Å²) >= 11 is 11.6. The smallest absolute Gasteiger partial charge is 0.144 e. The summed E-state index contributed by atoms with van der Waals surface area (Å²) < 4.78 is 15.5. The summed E-state index contributed by atoms with van der Waals surface area (Å²) in [5.74, 6) is 1.42. The van der Waals surface area contributed by atoms with Crippen molar-refractivity contribution >= 4 is 34.2 Å². The van der Waals surface area contributed by atoms with Crippen LogP contribution in [-0.4, -0.2) is 15.4 Å². The topological polar surface area (TPSA) is 17.8 Å². The normalized spacial score (nSPS) is 11.7. The Balaban J connectivity index is 2.60. The van der Waals surface area contributed by atoms with Gasteiger partial charge in [-0.1, -0.05) is 25.4 Å². The molecular formula is C13H15Cl2FN2. The Bertz CT molecular complexity index is 564.